The first-order valence-corrected chi connectivity index (χ1v) is 5.71. The SMILES string of the molecule is COC(=O)CCCNc1ccc(OC)cc1[N+](=O)[O-]. The van der Waals surface area contributed by atoms with E-state index in [0.717, 1.165) is 0 Å². The van der Waals surface area contributed by atoms with Gasteiger partial charge in [0.15, 0.2) is 0 Å². The first-order valence-electron chi connectivity index (χ1n) is 5.71. The molecule has 1 rings (SSSR count). The molecule has 19 heavy (non-hydrogen) atoms. The molecule has 0 aromatic heterocycles. The van der Waals surface area contributed by atoms with Gasteiger partial charge in [-0.2, -0.15) is 0 Å². The highest BCUT2D eigenvalue weighted by molar-refractivity contribution is 5.69. The quantitative estimate of drug-likeness (QED) is 0.352. The van der Waals surface area contributed by atoms with Gasteiger partial charge in [0.05, 0.1) is 25.2 Å². The summed E-state index contributed by atoms with van der Waals surface area (Å²) in [5, 5.41) is 13.8. The van der Waals surface area contributed by atoms with Crippen molar-refractivity contribution in [2.24, 2.45) is 0 Å². The van der Waals surface area contributed by atoms with E-state index >= 15 is 0 Å². The predicted molar refractivity (Wildman–Crippen MR) is 69.4 cm³/mol. The standard InChI is InChI=1S/C12H16N2O5/c1-18-9-5-6-10(11(8-9)14(16)17)13-7-3-4-12(15)19-2/h5-6,8,13H,3-4,7H2,1-2H3. The maximum Gasteiger partial charge on any atom is 0.305 e. The summed E-state index contributed by atoms with van der Waals surface area (Å²) in [6.45, 7) is 0.447. The number of ether oxygens (including phenoxy) is 2. The van der Waals surface area contributed by atoms with Gasteiger partial charge in [0.2, 0.25) is 0 Å². The molecule has 0 heterocycles. The molecule has 0 aliphatic heterocycles. The lowest BCUT2D eigenvalue weighted by molar-refractivity contribution is -0.384. The lowest BCUT2D eigenvalue weighted by atomic mass is 10.2. The molecule has 1 N–H and O–H groups in total. The fourth-order valence-corrected chi connectivity index (χ4v) is 1.50. The number of benzene rings is 1. The van der Waals surface area contributed by atoms with Crippen molar-refractivity contribution in [1.82, 2.24) is 0 Å². The number of nitrogens with zero attached hydrogens (tertiary/aromatic N) is 1. The number of carbonyl (C=O) groups is 1. The molecular weight excluding hydrogens is 252 g/mol. The summed E-state index contributed by atoms with van der Waals surface area (Å²) in [4.78, 5) is 21.3. The Morgan fingerprint density at radius 1 is 1.42 bits per heavy atom. The third kappa shape index (κ3) is 4.46. The first-order chi connectivity index (χ1) is 9.08. The van der Waals surface area contributed by atoms with Crippen molar-refractivity contribution < 1.29 is 19.2 Å². The van der Waals surface area contributed by atoms with Crippen LogP contribution in [0.4, 0.5) is 11.4 Å². The Hall–Kier alpha value is -2.31. The molecule has 0 saturated carbocycles. The molecule has 0 saturated heterocycles. The minimum absolute atomic E-state index is 0.0579. The summed E-state index contributed by atoms with van der Waals surface area (Å²) in [6, 6.07) is 4.56. The van der Waals surface area contributed by atoms with E-state index in [1.54, 1.807) is 12.1 Å². The molecule has 104 valence electrons. The second-order valence-electron chi connectivity index (χ2n) is 3.75. The van der Waals surface area contributed by atoms with Gasteiger partial charge in [0, 0.05) is 13.0 Å². The van der Waals surface area contributed by atoms with Crippen LogP contribution in [0.15, 0.2) is 18.2 Å². The van der Waals surface area contributed by atoms with E-state index in [-0.39, 0.29) is 18.1 Å². The third-order valence-corrected chi connectivity index (χ3v) is 2.50. The summed E-state index contributed by atoms with van der Waals surface area (Å²) < 4.78 is 9.44. The molecule has 0 spiro atoms. The van der Waals surface area contributed by atoms with Crippen LogP contribution in [0.1, 0.15) is 12.8 Å². The molecule has 0 unspecified atom stereocenters. The summed E-state index contributed by atoms with van der Waals surface area (Å²) >= 11 is 0. The highest BCUT2D eigenvalue weighted by atomic mass is 16.6. The Bertz CT molecular complexity index is 461. The summed E-state index contributed by atoms with van der Waals surface area (Å²) in [6.07, 6.45) is 0.809. The maximum absolute atomic E-state index is 10.9. The second kappa shape index (κ2) is 7.20. The number of hydrogen-bond donors (Lipinski definition) is 1. The van der Waals surface area contributed by atoms with E-state index in [2.05, 4.69) is 10.1 Å². The van der Waals surface area contributed by atoms with E-state index in [1.165, 1.54) is 20.3 Å². The van der Waals surface area contributed by atoms with Gasteiger partial charge in [-0.05, 0) is 18.6 Å². The number of nitro benzene ring substituents is 1. The first kappa shape index (κ1) is 14.7. The molecular formula is C12H16N2O5. The molecule has 7 nitrogen and oxygen atoms in total. The zero-order chi connectivity index (χ0) is 14.3. The number of hydrogen-bond acceptors (Lipinski definition) is 6. The van der Waals surface area contributed by atoms with E-state index in [9.17, 15) is 14.9 Å². The van der Waals surface area contributed by atoms with Crippen LogP contribution in [0.3, 0.4) is 0 Å². The number of carbonyl (C=O) groups excluding carboxylic acids is 1. The van der Waals surface area contributed by atoms with Crippen LogP contribution in [0, 0.1) is 10.1 Å². The van der Waals surface area contributed by atoms with Gasteiger partial charge in [-0.3, -0.25) is 14.9 Å². The van der Waals surface area contributed by atoms with Gasteiger partial charge < -0.3 is 14.8 Å². The molecule has 0 aliphatic carbocycles. The molecule has 7 heteroatoms. The Morgan fingerprint density at radius 2 is 2.16 bits per heavy atom. The Morgan fingerprint density at radius 3 is 2.74 bits per heavy atom. The van der Waals surface area contributed by atoms with Crippen molar-refractivity contribution in [2.45, 2.75) is 12.8 Å². The number of nitrogens with one attached hydrogen (secondary N) is 1. The summed E-state index contributed by atoms with van der Waals surface area (Å²) in [5.74, 6) is 0.123. The van der Waals surface area contributed by atoms with E-state index in [1.807, 2.05) is 0 Å². The highest BCUT2D eigenvalue weighted by Crippen LogP contribution is 2.28. The number of anilines is 1. The number of nitro groups is 1. The molecule has 0 amide bonds. The Labute approximate surface area is 110 Å². The average molecular weight is 268 g/mol. The van der Waals surface area contributed by atoms with E-state index in [4.69, 9.17) is 4.74 Å². The molecule has 0 atom stereocenters. The summed E-state index contributed by atoms with van der Waals surface area (Å²) in [7, 11) is 2.77. The monoisotopic (exact) mass is 268 g/mol. The third-order valence-electron chi connectivity index (χ3n) is 2.50. The van der Waals surface area contributed by atoms with E-state index < -0.39 is 4.92 Å². The fraction of sp³-hybridized carbons (Fsp3) is 0.417. The van der Waals surface area contributed by atoms with Gasteiger partial charge in [-0.25, -0.2) is 0 Å². The molecule has 0 bridgehead atoms. The normalized spacial score (nSPS) is 9.79. The minimum Gasteiger partial charge on any atom is -0.496 e. The molecule has 0 aliphatic rings. The van der Waals surface area contributed by atoms with Crippen molar-refractivity contribution in [1.29, 1.82) is 0 Å². The highest BCUT2D eigenvalue weighted by Gasteiger charge is 2.14. The smallest absolute Gasteiger partial charge is 0.305 e. The van der Waals surface area contributed by atoms with Crippen LogP contribution in [-0.4, -0.2) is 31.7 Å². The van der Waals surface area contributed by atoms with Crippen molar-refractivity contribution in [3.05, 3.63) is 28.3 Å². The van der Waals surface area contributed by atoms with Gasteiger partial charge >= 0.3 is 5.97 Å². The van der Waals surface area contributed by atoms with Gasteiger partial charge in [0.1, 0.15) is 11.4 Å². The molecule has 0 fully saturated rings. The lowest BCUT2D eigenvalue weighted by Gasteiger charge is -2.08. The molecule has 0 radical (unpaired) electrons. The van der Waals surface area contributed by atoms with Crippen LogP contribution in [0.2, 0.25) is 0 Å². The van der Waals surface area contributed by atoms with Crippen molar-refractivity contribution >= 4 is 17.3 Å². The van der Waals surface area contributed by atoms with Crippen LogP contribution >= 0.6 is 0 Å². The van der Waals surface area contributed by atoms with Gasteiger partial charge in [-0.15, -0.1) is 0 Å². The lowest BCUT2D eigenvalue weighted by Crippen LogP contribution is -2.08. The number of methoxy groups -OCH3 is 2. The average Bonchev–Trinajstić information content (AvgIpc) is 2.43. The zero-order valence-electron chi connectivity index (χ0n) is 10.8. The van der Waals surface area contributed by atoms with Crippen molar-refractivity contribution in [3.8, 4) is 5.75 Å². The second-order valence-corrected chi connectivity index (χ2v) is 3.75. The minimum atomic E-state index is -0.481. The largest absolute Gasteiger partial charge is 0.496 e. The van der Waals surface area contributed by atoms with Crippen molar-refractivity contribution in [2.75, 3.05) is 26.1 Å². The van der Waals surface area contributed by atoms with Gasteiger partial charge in [-0.1, -0.05) is 0 Å². The molecule has 1 aromatic carbocycles. The number of rotatable bonds is 7. The van der Waals surface area contributed by atoms with Crippen molar-refractivity contribution in [3.63, 3.8) is 0 Å². The van der Waals surface area contributed by atoms with E-state index in [0.29, 0.717) is 24.4 Å². The summed E-state index contributed by atoms with van der Waals surface area (Å²) in [5.41, 5.74) is 0.341. The Kier molecular flexibility index (Phi) is 5.59. The topological polar surface area (TPSA) is 90.7 Å². The Balaban J connectivity index is 2.62. The number of esters is 1. The van der Waals surface area contributed by atoms with Crippen LogP contribution in [0.5, 0.6) is 5.75 Å². The van der Waals surface area contributed by atoms with Crippen LogP contribution < -0.4 is 10.1 Å². The van der Waals surface area contributed by atoms with Gasteiger partial charge in [0.25, 0.3) is 5.69 Å². The fourth-order valence-electron chi connectivity index (χ4n) is 1.50. The molecule has 1 aromatic rings. The zero-order valence-corrected chi connectivity index (χ0v) is 10.8. The predicted octanol–water partition coefficient (Wildman–Crippen LogP) is 1.97. The maximum atomic E-state index is 10.9. The van der Waals surface area contributed by atoms with Crippen LogP contribution in [-0.2, 0) is 9.53 Å². The van der Waals surface area contributed by atoms with Crippen LogP contribution in [0.25, 0.3) is 0 Å².